The van der Waals surface area contributed by atoms with Crippen molar-refractivity contribution in [1.82, 2.24) is 9.62 Å². The minimum Gasteiger partial charge on any atom is -0.465 e. The Kier molecular flexibility index (Phi) is 6.18. The fourth-order valence-corrected chi connectivity index (χ4v) is 8.09. The lowest BCUT2D eigenvalue weighted by Gasteiger charge is -2.27. The number of benzene rings is 2. The van der Waals surface area contributed by atoms with Crippen molar-refractivity contribution in [3.63, 3.8) is 0 Å². The average Bonchev–Trinajstić information content (AvgIpc) is 3.50. The third-order valence-corrected chi connectivity index (χ3v) is 9.87. The van der Waals surface area contributed by atoms with Crippen molar-refractivity contribution in [2.75, 3.05) is 13.7 Å². The molecule has 1 aliphatic heterocycles. The zero-order chi connectivity index (χ0) is 23.9. The maximum atomic E-state index is 13.3. The number of carbonyl (C=O) groups excluding carboxylic acids is 2. The van der Waals surface area contributed by atoms with Crippen molar-refractivity contribution in [3.8, 4) is 0 Å². The van der Waals surface area contributed by atoms with Crippen LogP contribution in [0.5, 0.6) is 0 Å². The summed E-state index contributed by atoms with van der Waals surface area (Å²) in [6, 6.07) is 13.4. The molecule has 0 bridgehead atoms. The molecule has 0 unspecified atom stereocenters. The quantitative estimate of drug-likeness (QED) is 0.535. The fraction of sp³-hybridized carbons (Fsp3) is 0.360. The first kappa shape index (κ1) is 23.0. The topological polar surface area (TPSA) is 92.8 Å². The molecule has 178 valence electrons. The monoisotopic (exact) mass is 498 g/mol. The summed E-state index contributed by atoms with van der Waals surface area (Å²) in [4.78, 5) is 28.3. The van der Waals surface area contributed by atoms with Crippen LogP contribution in [0.3, 0.4) is 0 Å². The number of rotatable bonds is 5. The summed E-state index contributed by atoms with van der Waals surface area (Å²) in [6.07, 6.45) is 3.97. The van der Waals surface area contributed by atoms with Gasteiger partial charge in [-0.05, 0) is 47.7 Å². The molecule has 1 fully saturated rings. The molecule has 0 spiro atoms. The largest absolute Gasteiger partial charge is 0.465 e. The fourth-order valence-electron chi connectivity index (χ4n) is 4.87. The highest BCUT2D eigenvalue weighted by atomic mass is 32.2. The van der Waals surface area contributed by atoms with E-state index in [1.165, 1.54) is 7.11 Å². The number of ether oxygens (including phenoxy) is 1. The lowest BCUT2D eigenvalue weighted by Crippen LogP contribution is -2.35. The Morgan fingerprint density at radius 1 is 1.09 bits per heavy atom. The van der Waals surface area contributed by atoms with Gasteiger partial charge < -0.3 is 9.64 Å². The second-order valence-electron chi connectivity index (χ2n) is 8.80. The zero-order valence-electron chi connectivity index (χ0n) is 18.9. The number of nitrogens with one attached hydrogen (secondary N) is 1. The predicted molar refractivity (Wildman–Crippen MR) is 131 cm³/mol. The van der Waals surface area contributed by atoms with E-state index in [2.05, 4.69) is 4.72 Å². The van der Waals surface area contributed by atoms with Crippen molar-refractivity contribution in [1.29, 1.82) is 0 Å². The lowest BCUT2D eigenvalue weighted by molar-refractivity contribution is 0.0595. The molecule has 34 heavy (non-hydrogen) atoms. The van der Waals surface area contributed by atoms with Crippen LogP contribution in [0.4, 0.5) is 0 Å². The van der Waals surface area contributed by atoms with Gasteiger partial charge in [-0.2, -0.15) is 0 Å². The molecule has 0 radical (unpaired) electrons. The molecule has 0 atom stereocenters. The summed E-state index contributed by atoms with van der Waals surface area (Å²) >= 11 is 1.07. The van der Waals surface area contributed by atoms with Crippen LogP contribution in [0.2, 0.25) is 0 Å². The molecule has 3 aromatic rings. The molecular formula is C25H26N2O5S2. The van der Waals surface area contributed by atoms with Crippen molar-refractivity contribution in [2.24, 2.45) is 0 Å². The second-order valence-corrected chi connectivity index (χ2v) is 11.8. The summed E-state index contributed by atoms with van der Waals surface area (Å²) in [7, 11) is -2.62. The maximum Gasteiger partial charge on any atom is 0.340 e. The first-order valence-corrected chi connectivity index (χ1v) is 13.7. The van der Waals surface area contributed by atoms with Gasteiger partial charge in [0, 0.05) is 23.0 Å². The first-order valence-electron chi connectivity index (χ1n) is 11.4. The Morgan fingerprint density at radius 3 is 2.56 bits per heavy atom. The van der Waals surface area contributed by atoms with E-state index in [9.17, 15) is 18.0 Å². The van der Waals surface area contributed by atoms with Crippen molar-refractivity contribution < 1.29 is 22.7 Å². The van der Waals surface area contributed by atoms with Crippen molar-refractivity contribution >= 4 is 44.0 Å². The molecule has 0 saturated heterocycles. The van der Waals surface area contributed by atoms with Gasteiger partial charge in [0.2, 0.25) is 0 Å². The Labute approximate surface area is 202 Å². The van der Waals surface area contributed by atoms with Gasteiger partial charge in [-0.3, -0.25) is 4.79 Å². The average molecular weight is 499 g/mol. The van der Waals surface area contributed by atoms with Crippen LogP contribution in [0.1, 0.15) is 56.8 Å². The van der Waals surface area contributed by atoms with Gasteiger partial charge in [0.25, 0.3) is 15.9 Å². The SMILES string of the molecule is COC(=O)c1c(S(=O)(=O)NC2CCCC2)sc2c1CCN(C(=O)c1ccc3ccccc3c1)C2. The molecule has 1 aromatic heterocycles. The minimum atomic E-state index is -3.87. The number of hydrogen-bond donors (Lipinski definition) is 1. The van der Waals surface area contributed by atoms with Crippen LogP contribution >= 0.6 is 11.3 Å². The van der Waals surface area contributed by atoms with Gasteiger partial charge in [-0.25, -0.2) is 17.9 Å². The van der Waals surface area contributed by atoms with E-state index in [1.807, 2.05) is 42.5 Å². The van der Waals surface area contributed by atoms with E-state index in [4.69, 9.17) is 4.74 Å². The molecule has 2 aliphatic rings. The lowest BCUT2D eigenvalue weighted by atomic mass is 10.0. The van der Waals surface area contributed by atoms with E-state index >= 15 is 0 Å². The third kappa shape index (κ3) is 4.23. The normalized spacial score (nSPS) is 16.6. The number of esters is 1. The predicted octanol–water partition coefficient (Wildman–Crippen LogP) is 4.11. The Balaban J connectivity index is 1.45. The Bertz CT molecular complexity index is 1370. The highest BCUT2D eigenvalue weighted by Crippen LogP contribution is 2.37. The summed E-state index contributed by atoms with van der Waals surface area (Å²) in [5.41, 5.74) is 1.37. The summed E-state index contributed by atoms with van der Waals surface area (Å²) < 4.78 is 34.2. The minimum absolute atomic E-state index is 0.00347. The molecule has 5 rings (SSSR count). The molecule has 1 amide bonds. The maximum absolute atomic E-state index is 13.3. The third-order valence-electron chi connectivity index (χ3n) is 6.62. The molecular weight excluding hydrogens is 472 g/mol. The second kappa shape index (κ2) is 9.13. The van der Waals surface area contributed by atoms with Crippen LogP contribution in [0.15, 0.2) is 46.7 Å². The number of hydrogen-bond acceptors (Lipinski definition) is 6. The first-order chi connectivity index (χ1) is 16.4. The summed E-state index contributed by atoms with van der Waals surface area (Å²) in [5, 5.41) is 2.05. The molecule has 9 heteroatoms. The van der Waals surface area contributed by atoms with Gasteiger partial charge in [0.15, 0.2) is 0 Å². The molecule has 7 nitrogen and oxygen atoms in total. The van der Waals surface area contributed by atoms with Crippen LogP contribution < -0.4 is 4.72 Å². The van der Waals surface area contributed by atoms with Gasteiger partial charge in [0.1, 0.15) is 4.21 Å². The molecule has 2 heterocycles. The molecule has 1 N–H and O–H groups in total. The van der Waals surface area contributed by atoms with Gasteiger partial charge in [-0.1, -0.05) is 43.2 Å². The highest BCUT2D eigenvalue weighted by Gasteiger charge is 2.36. The summed E-state index contributed by atoms with van der Waals surface area (Å²) in [6.45, 7) is 0.656. The van der Waals surface area contributed by atoms with Gasteiger partial charge in [0.05, 0.1) is 19.2 Å². The van der Waals surface area contributed by atoms with Crippen LogP contribution in [-0.2, 0) is 27.7 Å². The summed E-state index contributed by atoms with van der Waals surface area (Å²) in [5.74, 6) is -0.767. The van der Waals surface area contributed by atoms with Crippen LogP contribution in [0.25, 0.3) is 10.8 Å². The van der Waals surface area contributed by atoms with Crippen molar-refractivity contribution in [3.05, 3.63) is 64.0 Å². The number of nitrogens with zero attached hydrogens (tertiary/aromatic N) is 1. The Hall–Kier alpha value is -2.75. The zero-order valence-corrected chi connectivity index (χ0v) is 20.5. The molecule has 1 aliphatic carbocycles. The highest BCUT2D eigenvalue weighted by molar-refractivity contribution is 7.91. The standard InChI is InChI=1S/C25H26N2O5S2/c1-32-24(29)22-20-12-13-27(23(28)18-11-10-16-6-2-3-7-17(16)14-18)15-21(20)33-25(22)34(30,31)26-19-8-4-5-9-19/h2-3,6-7,10-11,14,19,26H,4-5,8-9,12-13,15H2,1H3. The number of methoxy groups -OCH3 is 1. The number of carbonyl (C=O) groups is 2. The van der Waals surface area contributed by atoms with Crippen molar-refractivity contribution in [2.45, 2.75) is 48.9 Å². The van der Waals surface area contributed by atoms with Gasteiger partial charge in [-0.15, -0.1) is 11.3 Å². The van der Waals surface area contributed by atoms with Crippen LogP contribution in [0, 0.1) is 0 Å². The molecule has 1 saturated carbocycles. The van der Waals surface area contributed by atoms with E-state index in [-0.39, 0.29) is 28.3 Å². The molecule has 2 aromatic carbocycles. The van der Waals surface area contributed by atoms with E-state index in [0.29, 0.717) is 29.0 Å². The smallest absolute Gasteiger partial charge is 0.340 e. The number of fused-ring (bicyclic) bond motifs is 2. The van der Waals surface area contributed by atoms with Gasteiger partial charge >= 0.3 is 5.97 Å². The van der Waals surface area contributed by atoms with E-state index < -0.39 is 16.0 Å². The number of amides is 1. The van der Waals surface area contributed by atoms with Crippen LogP contribution in [-0.4, -0.2) is 44.9 Å². The number of thiophene rings is 1. The van der Waals surface area contributed by atoms with E-state index in [1.54, 1.807) is 4.90 Å². The number of sulfonamides is 1. The van der Waals surface area contributed by atoms with E-state index in [0.717, 1.165) is 47.8 Å². The Morgan fingerprint density at radius 2 is 1.82 bits per heavy atom.